The van der Waals surface area contributed by atoms with Crippen LogP contribution in [0.2, 0.25) is 0 Å². The summed E-state index contributed by atoms with van der Waals surface area (Å²) in [6, 6.07) is 15.0. The van der Waals surface area contributed by atoms with Crippen molar-refractivity contribution in [2.75, 3.05) is 31.8 Å². The number of rotatable bonds is 13. The number of nitrogen functional groups attached to an aromatic ring is 1. The summed E-state index contributed by atoms with van der Waals surface area (Å²) in [5.74, 6) is -3.42. The van der Waals surface area contributed by atoms with Gasteiger partial charge in [0.25, 0.3) is 10.0 Å². The van der Waals surface area contributed by atoms with Crippen LogP contribution >= 0.6 is 0 Å². The zero-order valence-corrected chi connectivity index (χ0v) is 23.6. The van der Waals surface area contributed by atoms with E-state index in [1.165, 1.54) is 37.4 Å². The second-order valence-electron chi connectivity index (χ2n) is 8.63. The van der Waals surface area contributed by atoms with Gasteiger partial charge in [-0.15, -0.1) is 0 Å². The standard InChI is InChI=1S/C26H28N2O11S2/c1-16-3-7-19(8-4-16)40(32,33)12-11-37-24(29)15-38-23-13-17(20-9-6-18(36-2)14-21(20)27)5-10-22(23)39-26(25(30)31)41(28,34)35/h3-10,13-14,26H,11-12,15,27H2,1-2H3,(H,30,31)(H2,28,34,35). The molecule has 0 amide bonds. The van der Waals surface area contributed by atoms with Crippen molar-refractivity contribution in [3.8, 4) is 28.4 Å². The Bertz CT molecular complexity index is 1640. The second kappa shape index (κ2) is 12.9. The van der Waals surface area contributed by atoms with E-state index < -0.39 is 56.2 Å². The minimum absolute atomic E-state index is 0.0784. The quantitative estimate of drug-likeness (QED) is 0.187. The van der Waals surface area contributed by atoms with Crippen molar-refractivity contribution in [1.82, 2.24) is 0 Å². The molecule has 3 aromatic rings. The van der Waals surface area contributed by atoms with E-state index in [9.17, 15) is 31.5 Å². The monoisotopic (exact) mass is 608 g/mol. The number of esters is 1. The number of benzene rings is 3. The third-order valence-electron chi connectivity index (χ3n) is 5.59. The number of carbonyl (C=O) groups excluding carboxylic acids is 1. The fourth-order valence-electron chi connectivity index (χ4n) is 3.50. The summed E-state index contributed by atoms with van der Waals surface area (Å²) in [6.07, 6.45) is 0. The summed E-state index contributed by atoms with van der Waals surface area (Å²) >= 11 is 0. The lowest BCUT2D eigenvalue weighted by molar-refractivity contribution is -0.145. The van der Waals surface area contributed by atoms with Crippen LogP contribution in [0.5, 0.6) is 17.2 Å². The van der Waals surface area contributed by atoms with Crippen LogP contribution in [0.25, 0.3) is 11.1 Å². The minimum atomic E-state index is -4.70. The number of aliphatic carboxylic acids is 1. The van der Waals surface area contributed by atoms with E-state index in [1.54, 1.807) is 30.3 Å². The number of hydrogen-bond donors (Lipinski definition) is 3. The number of hydrogen-bond acceptors (Lipinski definition) is 11. The van der Waals surface area contributed by atoms with Crippen molar-refractivity contribution < 1.29 is 50.5 Å². The molecule has 0 bridgehead atoms. The van der Waals surface area contributed by atoms with Gasteiger partial charge in [-0.05, 0) is 48.9 Å². The number of anilines is 1. The molecule has 0 spiro atoms. The number of carboxylic acids is 1. The summed E-state index contributed by atoms with van der Waals surface area (Å²) in [4.78, 5) is 23.9. The predicted octanol–water partition coefficient (Wildman–Crippen LogP) is 1.73. The Balaban J connectivity index is 1.79. The van der Waals surface area contributed by atoms with Gasteiger partial charge in [0.1, 0.15) is 12.4 Å². The molecule has 3 rings (SSSR count). The smallest absolute Gasteiger partial charge is 0.362 e. The first kappa shape index (κ1) is 31.2. The van der Waals surface area contributed by atoms with E-state index >= 15 is 0 Å². The van der Waals surface area contributed by atoms with Gasteiger partial charge in [-0.1, -0.05) is 23.8 Å². The first-order valence-electron chi connectivity index (χ1n) is 11.8. The fourth-order valence-corrected chi connectivity index (χ4v) is 5.10. The van der Waals surface area contributed by atoms with E-state index in [1.807, 2.05) is 6.92 Å². The molecule has 0 aliphatic heterocycles. The molecular formula is C26H28N2O11S2. The average Bonchev–Trinajstić information content (AvgIpc) is 2.90. The largest absolute Gasteiger partial charge is 0.497 e. The molecule has 41 heavy (non-hydrogen) atoms. The summed E-state index contributed by atoms with van der Waals surface area (Å²) in [7, 11) is -6.94. The van der Waals surface area contributed by atoms with Crippen molar-refractivity contribution in [2.24, 2.45) is 5.14 Å². The number of sulfonamides is 1. The van der Waals surface area contributed by atoms with Gasteiger partial charge in [0, 0.05) is 17.3 Å². The SMILES string of the molecule is COc1ccc(-c2ccc(OC(C(=O)O)S(N)(=O)=O)c(OCC(=O)OCCS(=O)(=O)c3ccc(C)cc3)c2)c(N)c1. The normalized spacial score (nSPS) is 12.3. The molecule has 5 N–H and O–H groups in total. The molecule has 0 radical (unpaired) electrons. The number of nitrogens with two attached hydrogens (primary N) is 2. The van der Waals surface area contributed by atoms with Gasteiger partial charge in [-0.2, -0.15) is 0 Å². The maximum Gasteiger partial charge on any atom is 0.362 e. The highest BCUT2D eigenvalue weighted by atomic mass is 32.2. The molecule has 0 saturated carbocycles. The van der Waals surface area contributed by atoms with Gasteiger partial charge in [0.15, 0.2) is 27.9 Å². The van der Waals surface area contributed by atoms with Crippen molar-refractivity contribution in [3.05, 3.63) is 66.2 Å². The molecule has 15 heteroatoms. The molecule has 0 aliphatic carbocycles. The number of sulfone groups is 1. The zero-order chi connectivity index (χ0) is 30.4. The Hall–Kier alpha value is -4.34. The minimum Gasteiger partial charge on any atom is -0.497 e. The van der Waals surface area contributed by atoms with Crippen molar-refractivity contribution in [1.29, 1.82) is 0 Å². The van der Waals surface area contributed by atoms with Crippen LogP contribution in [0.15, 0.2) is 65.6 Å². The average molecular weight is 609 g/mol. The summed E-state index contributed by atoms with van der Waals surface area (Å²) in [5, 5.41) is 14.3. The van der Waals surface area contributed by atoms with Crippen molar-refractivity contribution >= 4 is 37.5 Å². The van der Waals surface area contributed by atoms with E-state index in [2.05, 4.69) is 0 Å². The number of aryl methyl sites for hydroxylation is 1. The van der Waals surface area contributed by atoms with Gasteiger partial charge < -0.3 is 29.8 Å². The fraction of sp³-hybridized carbons (Fsp3) is 0.231. The van der Waals surface area contributed by atoms with E-state index in [4.69, 9.17) is 29.8 Å². The lowest BCUT2D eigenvalue weighted by Crippen LogP contribution is -2.40. The van der Waals surface area contributed by atoms with E-state index in [-0.39, 0.29) is 16.4 Å². The first-order chi connectivity index (χ1) is 19.2. The van der Waals surface area contributed by atoms with Crippen molar-refractivity contribution in [2.45, 2.75) is 17.3 Å². The number of carbonyl (C=O) groups is 2. The van der Waals surface area contributed by atoms with Crippen LogP contribution < -0.4 is 25.1 Å². The Labute approximate surface area is 236 Å². The molecule has 0 aromatic heterocycles. The third kappa shape index (κ3) is 8.33. The lowest BCUT2D eigenvalue weighted by Gasteiger charge is -2.18. The summed E-state index contributed by atoms with van der Waals surface area (Å²) in [6.45, 7) is 0.597. The van der Waals surface area contributed by atoms with Gasteiger partial charge in [0.05, 0.1) is 17.8 Å². The molecule has 0 heterocycles. The molecule has 0 fully saturated rings. The highest BCUT2D eigenvalue weighted by Gasteiger charge is 2.33. The molecule has 1 atom stereocenters. The van der Waals surface area contributed by atoms with Gasteiger partial charge >= 0.3 is 17.4 Å². The number of ether oxygens (including phenoxy) is 4. The van der Waals surface area contributed by atoms with Crippen LogP contribution in [0.1, 0.15) is 5.56 Å². The van der Waals surface area contributed by atoms with Gasteiger partial charge in [0.2, 0.25) is 0 Å². The van der Waals surface area contributed by atoms with Gasteiger partial charge in [-0.3, -0.25) is 0 Å². The van der Waals surface area contributed by atoms with Crippen LogP contribution in [-0.4, -0.2) is 65.4 Å². The van der Waals surface area contributed by atoms with Crippen LogP contribution in [0, 0.1) is 6.92 Å². The molecular weight excluding hydrogens is 580 g/mol. The van der Waals surface area contributed by atoms with Crippen LogP contribution in [-0.2, 0) is 34.2 Å². The molecule has 0 saturated heterocycles. The van der Waals surface area contributed by atoms with Crippen LogP contribution in [0.3, 0.4) is 0 Å². The highest BCUT2D eigenvalue weighted by Crippen LogP contribution is 2.37. The number of methoxy groups -OCH3 is 1. The Kier molecular flexibility index (Phi) is 9.80. The molecule has 1 unspecified atom stereocenters. The summed E-state index contributed by atoms with van der Waals surface area (Å²) in [5.41, 5.74) is 5.77. The maximum atomic E-state index is 12.5. The third-order valence-corrected chi connectivity index (χ3v) is 8.18. The first-order valence-corrected chi connectivity index (χ1v) is 15.0. The Morgan fingerprint density at radius 2 is 1.63 bits per heavy atom. The maximum absolute atomic E-state index is 12.5. The van der Waals surface area contributed by atoms with Gasteiger partial charge in [-0.25, -0.2) is 31.6 Å². The topological polar surface area (TPSA) is 212 Å². The molecule has 220 valence electrons. The predicted molar refractivity (Wildman–Crippen MR) is 148 cm³/mol. The highest BCUT2D eigenvalue weighted by molar-refractivity contribution is 7.91. The number of primary sulfonamides is 1. The van der Waals surface area contributed by atoms with E-state index in [0.29, 0.717) is 22.6 Å². The molecule has 3 aromatic carbocycles. The zero-order valence-electron chi connectivity index (χ0n) is 22.0. The Morgan fingerprint density at radius 3 is 2.22 bits per heavy atom. The number of carboxylic acid groups (broad SMARTS) is 1. The lowest BCUT2D eigenvalue weighted by atomic mass is 10.0. The second-order valence-corrected chi connectivity index (χ2v) is 12.3. The molecule has 13 nitrogen and oxygen atoms in total. The van der Waals surface area contributed by atoms with Crippen molar-refractivity contribution in [3.63, 3.8) is 0 Å². The molecule has 0 aliphatic rings. The van der Waals surface area contributed by atoms with E-state index in [0.717, 1.165) is 5.56 Å². The Morgan fingerprint density at radius 1 is 0.951 bits per heavy atom. The van der Waals surface area contributed by atoms with Crippen LogP contribution in [0.4, 0.5) is 5.69 Å². The summed E-state index contributed by atoms with van der Waals surface area (Å²) < 4.78 is 69.1.